The van der Waals surface area contributed by atoms with E-state index in [1.807, 2.05) is 25.1 Å². The number of amides is 1. The van der Waals surface area contributed by atoms with Crippen LogP contribution >= 0.6 is 11.6 Å². The van der Waals surface area contributed by atoms with Gasteiger partial charge in [0.25, 0.3) is 5.91 Å². The van der Waals surface area contributed by atoms with Gasteiger partial charge in [0.15, 0.2) is 6.10 Å². The van der Waals surface area contributed by atoms with Crippen LogP contribution in [-0.4, -0.2) is 55.0 Å². The molecule has 1 saturated heterocycles. The first-order valence-electron chi connectivity index (χ1n) is 10.1. The van der Waals surface area contributed by atoms with Crippen molar-refractivity contribution in [1.82, 2.24) is 15.1 Å². The molecule has 0 aliphatic carbocycles. The van der Waals surface area contributed by atoms with E-state index in [9.17, 15) is 4.79 Å². The van der Waals surface area contributed by atoms with Crippen LogP contribution in [-0.2, 0) is 17.9 Å². The molecule has 2 aromatic carbocycles. The Balaban J connectivity index is 1.51. The average molecular weight is 416 g/mol. The fraction of sp³-hybridized carbons (Fsp3) is 0.435. The van der Waals surface area contributed by atoms with Crippen LogP contribution in [0.2, 0.25) is 5.02 Å². The van der Waals surface area contributed by atoms with E-state index in [2.05, 4.69) is 40.4 Å². The van der Waals surface area contributed by atoms with Crippen LogP contribution in [0.4, 0.5) is 0 Å². The Morgan fingerprint density at radius 1 is 1.14 bits per heavy atom. The van der Waals surface area contributed by atoms with E-state index in [0.29, 0.717) is 17.3 Å². The Kier molecular flexibility index (Phi) is 7.53. The van der Waals surface area contributed by atoms with Gasteiger partial charge in [0.05, 0.1) is 5.02 Å². The Hall–Kier alpha value is -2.08. The average Bonchev–Trinajstić information content (AvgIpc) is 2.71. The van der Waals surface area contributed by atoms with Crippen molar-refractivity contribution in [3.8, 4) is 5.75 Å². The van der Waals surface area contributed by atoms with E-state index in [-0.39, 0.29) is 5.91 Å². The third-order valence-corrected chi connectivity index (χ3v) is 5.53. The van der Waals surface area contributed by atoms with Crippen molar-refractivity contribution in [2.75, 3.05) is 33.2 Å². The molecule has 0 aromatic heterocycles. The summed E-state index contributed by atoms with van der Waals surface area (Å²) in [5.74, 6) is 0.371. The maximum absolute atomic E-state index is 12.5. The highest BCUT2D eigenvalue weighted by molar-refractivity contribution is 6.32. The van der Waals surface area contributed by atoms with Crippen molar-refractivity contribution >= 4 is 17.5 Å². The summed E-state index contributed by atoms with van der Waals surface area (Å²) in [6, 6.07) is 13.9. The molecule has 0 saturated carbocycles. The van der Waals surface area contributed by atoms with Crippen LogP contribution in [0.5, 0.6) is 5.75 Å². The molecule has 29 heavy (non-hydrogen) atoms. The lowest BCUT2D eigenvalue weighted by Gasteiger charge is -2.32. The van der Waals surface area contributed by atoms with Crippen LogP contribution in [0.25, 0.3) is 0 Å². The number of nitrogens with zero attached hydrogens (tertiary/aromatic N) is 2. The molecule has 2 aromatic rings. The van der Waals surface area contributed by atoms with Crippen molar-refractivity contribution in [1.29, 1.82) is 0 Å². The highest BCUT2D eigenvalue weighted by Crippen LogP contribution is 2.26. The quantitative estimate of drug-likeness (QED) is 0.752. The van der Waals surface area contributed by atoms with Crippen molar-refractivity contribution in [2.45, 2.75) is 33.0 Å². The molecule has 1 amide bonds. The van der Waals surface area contributed by atoms with Crippen LogP contribution in [0, 0.1) is 6.92 Å². The number of nitrogens with one attached hydrogen (secondary N) is 1. The van der Waals surface area contributed by atoms with Gasteiger partial charge in [-0.05, 0) is 49.7 Å². The normalized spacial score (nSPS) is 16.4. The number of carbonyl (C=O) groups is 1. The predicted molar refractivity (Wildman–Crippen MR) is 117 cm³/mol. The minimum Gasteiger partial charge on any atom is -0.479 e. The zero-order valence-electron chi connectivity index (χ0n) is 17.5. The molecule has 0 radical (unpaired) electrons. The van der Waals surface area contributed by atoms with Crippen LogP contribution in [0.1, 0.15) is 23.6 Å². The molecule has 1 fully saturated rings. The van der Waals surface area contributed by atoms with Gasteiger partial charge in [-0.1, -0.05) is 41.9 Å². The number of halogens is 1. The maximum Gasteiger partial charge on any atom is 0.261 e. The van der Waals surface area contributed by atoms with Gasteiger partial charge in [-0.3, -0.25) is 9.69 Å². The lowest BCUT2D eigenvalue weighted by atomic mass is 10.1. The van der Waals surface area contributed by atoms with Crippen molar-refractivity contribution in [3.63, 3.8) is 0 Å². The molecule has 156 valence electrons. The summed E-state index contributed by atoms with van der Waals surface area (Å²) in [5, 5.41) is 3.47. The number of piperazine rings is 1. The summed E-state index contributed by atoms with van der Waals surface area (Å²) in [7, 11) is 2.16. The van der Waals surface area contributed by atoms with E-state index in [1.54, 1.807) is 13.0 Å². The Labute approximate surface area is 178 Å². The number of benzene rings is 2. The van der Waals surface area contributed by atoms with Crippen LogP contribution in [0.15, 0.2) is 42.5 Å². The van der Waals surface area contributed by atoms with E-state index in [0.717, 1.165) is 43.9 Å². The summed E-state index contributed by atoms with van der Waals surface area (Å²) in [5.41, 5.74) is 3.40. The zero-order chi connectivity index (χ0) is 20.8. The molecular weight excluding hydrogens is 386 g/mol. The van der Waals surface area contributed by atoms with E-state index in [4.69, 9.17) is 16.3 Å². The maximum atomic E-state index is 12.5. The van der Waals surface area contributed by atoms with Gasteiger partial charge in [-0.25, -0.2) is 0 Å². The van der Waals surface area contributed by atoms with Gasteiger partial charge in [-0.15, -0.1) is 0 Å². The second-order valence-corrected chi connectivity index (χ2v) is 8.22. The van der Waals surface area contributed by atoms with Gasteiger partial charge in [0, 0.05) is 39.3 Å². The Bertz CT molecular complexity index is 835. The first-order chi connectivity index (χ1) is 13.9. The van der Waals surface area contributed by atoms with Crippen LogP contribution < -0.4 is 10.1 Å². The Morgan fingerprint density at radius 3 is 2.62 bits per heavy atom. The summed E-state index contributed by atoms with van der Waals surface area (Å²) >= 11 is 6.16. The first-order valence-corrected chi connectivity index (χ1v) is 10.5. The van der Waals surface area contributed by atoms with Gasteiger partial charge in [0.2, 0.25) is 0 Å². The number of likely N-dealkylation sites (N-methyl/N-ethyl adjacent to an activating group) is 1. The SMILES string of the molecule is Cc1ccc(Cl)c(OC(C)C(=O)NCc2cccc(CN3CCN(C)CC3)c2)c1. The molecule has 1 atom stereocenters. The number of carbonyl (C=O) groups excluding carboxylic acids is 1. The summed E-state index contributed by atoms with van der Waals surface area (Å²) in [4.78, 5) is 17.3. The fourth-order valence-corrected chi connectivity index (χ4v) is 3.54. The number of hydrogen-bond acceptors (Lipinski definition) is 4. The largest absolute Gasteiger partial charge is 0.479 e. The summed E-state index contributed by atoms with van der Waals surface area (Å²) in [6.07, 6.45) is -0.622. The highest BCUT2D eigenvalue weighted by Gasteiger charge is 2.17. The van der Waals surface area contributed by atoms with Crippen molar-refractivity contribution in [2.24, 2.45) is 0 Å². The highest BCUT2D eigenvalue weighted by atomic mass is 35.5. The monoisotopic (exact) mass is 415 g/mol. The molecular formula is C23H30ClN3O2. The van der Waals surface area contributed by atoms with Crippen molar-refractivity contribution < 1.29 is 9.53 Å². The molecule has 1 aliphatic heterocycles. The minimum atomic E-state index is -0.622. The van der Waals surface area contributed by atoms with E-state index < -0.39 is 6.10 Å². The summed E-state index contributed by atoms with van der Waals surface area (Å²) < 4.78 is 5.75. The third-order valence-electron chi connectivity index (χ3n) is 5.22. The molecule has 1 heterocycles. The molecule has 1 unspecified atom stereocenters. The molecule has 0 bridgehead atoms. The third kappa shape index (κ3) is 6.46. The topological polar surface area (TPSA) is 44.8 Å². The molecule has 0 spiro atoms. The van der Waals surface area contributed by atoms with Gasteiger partial charge < -0.3 is 15.0 Å². The van der Waals surface area contributed by atoms with Crippen molar-refractivity contribution in [3.05, 3.63) is 64.2 Å². The lowest BCUT2D eigenvalue weighted by molar-refractivity contribution is -0.127. The van der Waals surface area contributed by atoms with E-state index >= 15 is 0 Å². The molecule has 3 rings (SSSR count). The predicted octanol–water partition coefficient (Wildman–Crippen LogP) is 3.48. The molecule has 1 N–H and O–H groups in total. The van der Waals surface area contributed by atoms with Gasteiger partial charge >= 0.3 is 0 Å². The second kappa shape index (κ2) is 10.1. The van der Waals surface area contributed by atoms with Crippen LogP contribution in [0.3, 0.4) is 0 Å². The van der Waals surface area contributed by atoms with Gasteiger partial charge in [-0.2, -0.15) is 0 Å². The number of ether oxygens (including phenoxy) is 1. The fourth-order valence-electron chi connectivity index (χ4n) is 3.38. The standard InChI is InChI=1S/C23H30ClN3O2/c1-17-7-8-21(24)22(13-17)29-18(2)23(28)25-15-19-5-4-6-20(14-19)16-27-11-9-26(3)10-12-27/h4-8,13-14,18H,9-12,15-16H2,1-3H3,(H,25,28). The van der Waals surface area contributed by atoms with E-state index in [1.165, 1.54) is 5.56 Å². The Morgan fingerprint density at radius 2 is 1.86 bits per heavy atom. The second-order valence-electron chi connectivity index (χ2n) is 7.81. The molecule has 6 heteroatoms. The van der Waals surface area contributed by atoms with Gasteiger partial charge in [0.1, 0.15) is 5.75 Å². The zero-order valence-corrected chi connectivity index (χ0v) is 18.2. The molecule has 5 nitrogen and oxygen atoms in total. The lowest BCUT2D eigenvalue weighted by Crippen LogP contribution is -2.43. The minimum absolute atomic E-state index is 0.160. The molecule has 1 aliphatic rings. The summed E-state index contributed by atoms with van der Waals surface area (Å²) in [6.45, 7) is 9.52. The smallest absolute Gasteiger partial charge is 0.261 e. The number of aryl methyl sites for hydroxylation is 1. The first kappa shape index (κ1) is 21.6. The number of rotatable bonds is 7. The number of hydrogen-bond donors (Lipinski definition) is 1.